The second-order valence-corrected chi connectivity index (χ2v) is 4.38. The molecule has 0 aliphatic heterocycles. The second-order valence-electron chi connectivity index (χ2n) is 3.99. The summed E-state index contributed by atoms with van der Waals surface area (Å²) >= 11 is 5.42. The predicted octanol–water partition coefficient (Wildman–Crippen LogP) is 2.27. The van der Waals surface area contributed by atoms with Crippen LogP contribution in [0, 0.1) is 0 Å². The van der Waals surface area contributed by atoms with Crippen molar-refractivity contribution in [2.24, 2.45) is 0 Å². The van der Waals surface area contributed by atoms with Gasteiger partial charge in [0.15, 0.2) is 0 Å². The molecule has 1 heterocycles. The molecule has 0 fully saturated rings. The molecule has 0 atom stereocenters. The maximum Gasteiger partial charge on any atom is 0.129 e. The third kappa shape index (κ3) is 2.96. The molecule has 0 N–H and O–H groups in total. The van der Waals surface area contributed by atoms with Crippen LogP contribution < -0.4 is 0 Å². The van der Waals surface area contributed by atoms with E-state index in [1.807, 2.05) is 0 Å². The Labute approximate surface area is 96.5 Å². The zero-order valence-electron chi connectivity index (χ0n) is 9.64. The summed E-state index contributed by atoms with van der Waals surface area (Å²) in [4.78, 5) is 11.2. The predicted molar refractivity (Wildman–Crippen MR) is 65.8 cm³/mol. The molecule has 4 heteroatoms. The molecule has 1 rings (SSSR count). The van der Waals surface area contributed by atoms with Crippen LogP contribution in [-0.4, -0.2) is 31.9 Å². The van der Waals surface area contributed by atoms with Gasteiger partial charge in [0.05, 0.1) is 6.20 Å². The van der Waals surface area contributed by atoms with E-state index in [9.17, 15) is 0 Å². The zero-order chi connectivity index (χ0) is 11.4. The lowest BCUT2D eigenvalue weighted by Gasteiger charge is -2.32. The SMILES string of the molecule is CC(C)N(C(=S)c1cnccn1)C(C)C. The average molecular weight is 223 g/mol. The third-order valence-corrected chi connectivity index (χ3v) is 2.55. The number of hydrogen-bond donors (Lipinski definition) is 0. The molecule has 0 unspecified atom stereocenters. The van der Waals surface area contributed by atoms with E-state index in [1.54, 1.807) is 18.6 Å². The van der Waals surface area contributed by atoms with Gasteiger partial charge < -0.3 is 4.90 Å². The Morgan fingerprint density at radius 1 is 1.20 bits per heavy atom. The lowest BCUT2D eigenvalue weighted by Crippen LogP contribution is -2.41. The van der Waals surface area contributed by atoms with Crippen LogP contribution in [0.25, 0.3) is 0 Å². The quantitative estimate of drug-likeness (QED) is 0.735. The molecule has 0 bridgehead atoms. The van der Waals surface area contributed by atoms with Crippen LogP contribution in [0.2, 0.25) is 0 Å². The van der Waals surface area contributed by atoms with Gasteiger partial charge in [-0.2, -0.15) is 0 Å². The molecular formula is C11H17N3S. The van der Waals surface area contributed by atoms with E-state index in [0.29, 0.717) is 12.1 Å². The molecule has 1 aromatic heterocycles. The summed E-state index contributed by atoms with van der Waals surface area (Å²) < 4.78 is 0. The minimum absolute atomic E-state index is 0.375. The molecule has 0 saturated carbocycles. The summed E-state index contributed by atoms with van der Waals surface area (Å²) in [6, 6.07) is 0.749. The van der Waals surface area contributed by atoms with E-state index in [2.05, 4.69) is 42.6 Å². The van der Waals surface area contributed by atoms with E-state index in [4.69, 9.17) is 12.2 Å². The van der Waals surface area contributed by atoms with Crippen molar-refractivity contribution in [3.63, 3.8) is 0 Å². The first-order valence-corrected chi connectivity index (χ1v) is 5.53. The molecule has 3 nitrogen and oxygen atoms in total. The van der Waals surface area contributed by atoms with Gasteiger partial charge in [0, 0.05) is 24.5 Å². The topological polar surface area (TPSA) is 29.0 Å². The number of thiocarbonyl (C=S) groups is 1. The first-order chi connectivity index (χ1) is 7.04. The summed E-state index contributed by atoms with van der Waals surface area (Å²) in [5.74, 6) is 0. The van der Waals surface area contributed by atoms with Crippen LogP contribution >= 0.6 is 12.2 Å². The van der Waals surface area contributed by atoms with Gasteiger partial charge >= 0.3 is 0 Å². The summed E-state index contributed by atoms with van der Waals surface area (Å²) in [6.07, 6.45) is 5.03. The van der Waals surface area contributed by atoms with E-state index in [-0.39, 0.29) is 0 Å². The fourth-order valence-electron chi connectivity index (χ4n) is 1.61. The van der Waals surface area contributed by atoms with Crippen LogP contribution in [0.3, 0.4) is 0 Å². The Morgan fingerprint density at radius 3 is 2.20 bits per heavy atom. The number of nitrogens with zero attached hydrogens (tertiary/aromatic N) is 3. The Hall–Kier alpha value is -1.03. The number of hydrogen-bond acceptors (Lipinski definition) is 3. The highest BCUT2D eigenvalue weighted by Crippen LogP contribution is 2.10. The van der Waals surface area contributed by atoms with Crippen molar-refractivity contribution in [2.45, 2.75) is 39.8 Å². The van der Waals surface area contributed by atoms with E-state index in [0.717, 1.165) is 10.7 Å². The Morgan fingerprint density at radius 2 is 1.80 bits per heavy atom. The fourth-order valence-corrected chi connectivity index (χ4v) is 2.13. The molecule has 0 aliphatic carbocycles. The standard InChI is InChI=1S/C11H17N3S/c1-8(2)14(9(3)4)11(15)10-7-12-5-6-13-10/h5-9H,1-4H3. The van der Waals surface area contributed by atoms with E-state index in [1.165, 1.54) is 0 Å². The van der Waals surface area contributed by atoms with Gasteiger partial charge in [0.1, 0.15) is 10.7 Å². The van der Waals surface area contributed by atoms with Gasteiger partial charge in [0.2, 0.25) is 0 Å². The smallest absolute Gasteiger partial charge is 0.129 e. The second kappa shape index (κ2) is 5.16. The monoisotopic (exact) mass is 223 g/mol. The van der Waals surface area contributed by atoms with Crippen molar-refractivity contribution in [1.82, 2.24) is 14.9 Å². The first kappa shape index (κ1) is 12.0. The normalized spacial score (nSPS) is 10.8. The third-order valence-electron chi connectivity index (χ3n) is 2.13. The van der Waals surface area contributed by atoms with Gasteiger partial charge in [-0.3, -0.25) is 9.97 Å². The molecule has 0 saturated heterocycles. The van der Waals surface area contributed by atoms with Crippen molar-refractivity contribution in [3.05, 3.63) is 24.3 Å². The van der Waals surface area contributed by atoms with Crippen molar-refractivity contribution >= 4 is 17.2 Å². The molecule has 1 aromatic rings. The van der Waals surface area contributed by atoms with Crippen LogP contribution in [0.1, 0.15) is 33.4 Å². The van der Waals surface area contributed by atoms with Crippen LogP contribution in [0.4, 0.5) is 0 Å². The van der Waals surface area contributed by atoms with Crippen molar-refractivity contribution in [1.29, 1.82) is 0 Å². The van der Waals surface area contributed by atoms with Crippen LogP contribution in [0.15, 0.2) is 18.6 Å². The highest BCUT2D eigenvalue weighted by atomic mass is 32.1. The maximum atomic E-state index is 5.42. The van der Waals surface area contributed by atoms with Gasteiger partial charge in [0.25, 0.3) is 0 Å². The average Bonchev–Trinajstić information content (AvgIpc) is 2.18. The molecule has 0 radical (unpaired) electrons. The highest BCUT2D eigenvalue weighted by molar-refractivity contribution is 7.80. The summed E-state index contributed by atoms with van der Waals surface area (Å²) in [7, 11) is 0. The highest BCUT2D eigenvalue weighted by Gasteiger charge is 2.18. The first-order valence-electron chi connectivity index (χ1n) is 5.12. The van der Waals surface area contributed by atoms with Crippen LogP contribution in [-0.2, 0) is 0 Å². The Bertz CT molecular complexity index is 314. The Kier molecular flexibility index (Phi) is 4.15. The molecule has 0 spiro atoms. The van der Waals surface area contributed by atoms with Gasteiger partial charge in [-0.25, -0.2) is 0 Å². The Balaban J connectivity index is 2.92. The molecular weight excluding hydrogens is 206 g/mol. The lowest BCUT2D eigenvalue weighted by atomic mass is 10.2. The molecule has 0 amide bonds. The summed E-state index contributed by atoms with van der Waals surface area (Å²) in [6.45, 7) is 8.51. The zero-order valence-corrected chi connectivity index (χ0v) is 10.5. The summed E-state index contributed by atoms with van der Waals surface area (Å²) in [5, 5.41) is 0. The fraction of sp³-hybridized carbons (Fsp3) is 0.545. The lowest BCUT2D eigenvalue weighted by molar-refractivity contribution is 0.297. The largest absolute Gasteiger partial charge is 0.356 e. The minimum Gasteiger partial charge on any atom is -0.356 e. The van der Waals surface area contributed by atoms with Gasteiger partial charge in [-0.1, -0.05) is 12.2 Å². The van der Waals surface area contributed by atoms with E-state index >= 15 is 0 Å². The molecule has 0 aromatic carbocycles. The number of aromatic nitrogens is 2. The molecule has 15 heavy (non-hydrogen) atoms. The van der Waals surface area contributed by atoms with Crippen molar-refractivity contribution < 1.29 is 0 Å². The summed E-state index contributed by atoms with van der Waals surface area (Å²) in [5.41, 5.74) is 0.773. The number of rotatable bonds is 3. The van der Waals surface area contributed by atoms with Gasteiger partial charge in [-0.05, 0) is 27.7 Å². The van der Waals surface area contributed by atoms with Crippen molar-refractivity contribution in [2.75, 3.05) is 0 Å². The molecule has 82 valence electrons. The molecule has 0 aliphatic rings. The van der Waals surface area contributed by atoms with E-state index < -0.39 is 0 Å². The minimum atomic E-state index is 0.375. The van der Waals surface area contributed by atoms with Crippen molar-refractivity contribution in [3.8, 4) is 0 Å². The van der Waals surface area contributed by atoms with Gasteiger partial charge in [-0.15, -0.1) is 0 Å². The maximum absolute atomic E-state index is 5.42. The van der Waals surface area contributed by atoms with Crippen LogP contribution in [0.5, 0.6) is 0 Å².